The second-order valence-electron chi connectivity index (χ2n) is 8.54. The molecule has 1 N–H and O–H groups in total. The molecule has 1 heterocycles. The van der Waals surface area contributed by atoms with Crippen LogP contribution in [0.4, 0.5) is 5.69 Å². The summed E-state index contributed by atoms with van der Waals surface area (Å²) in [5.41, 5.74) is 2.00. The number of carbonyl (C=O) groups is 3. The summed E-state index contributed by atoms with van der Waals surface area (Å²) < 4.78 is 28.0. The molecule has 0 atom stereocenters. The molecule has 3 aromatic carbocycles. The molecule has 35 heavy (non-hydrogen) atoms. The Labute approximate surface area is 204 Å². The van der Waals surface area contributed by atoms with Gasteiger partial charge in [0.15, 0.2) is 0 Å². The van der Waals surface area contributed by atoms with Crippen molar-refractivity contribution >= 4 is 33.4 Å². The lowest BCUT2D eigenvalue weighted by Crippen LogP contribution is -2.36. The van der Waals surface area contributed by atoms with Crippen LogP contribution in [0.3, 0.4) is 0 Å². The van der Waals surface area contributed by atoms with Gasteiger partial charge in [-0.3, -0.25) is 19.3 Å². The summed E-state index contributed by atoms with van der Waals surface area (Å²) in [4.78, 5) is 38.1. The molecule has 9 heteroatoms. The predicted molar refractivity (Wildman–Crippen MR) is 132 cm³/mol. The topological polar surface area (TPSA) is 104 Å². The van der Waals surface area contributed by atoms with Gasteiger partial charge in [-0.2, -0.15) is 4.31 Å². The Kier molecular flexibility index (Phi) is 6.56. The highest BCUT2D eigenvalue weighted by Crippen LogP contribution is 2.26. The number of amides is 3. The zero-order valence-electron chi connectivity index (χ0n) is 19.6. The summed E-state index contributed by atoms with van der Waals surface area (Å²) in [7, 11) is -2.39. The summed E-state index contributed by atoms with van der Waals surface area (Å²) in [6.45, 7) is 3.86. The summed E-state index contributed by atoms with van der Waals surface area (Å²) in [6.07, 6.45) is 0. The zero-order chi connectivity index (χ0) is 25.3. The van der Waals surface area contributed by atoms with Crippen molar-refractivity contribution in [2.75, 3.05) is 12.4 Å². The van der Waals surface area contributed by atoms with Gasteiger partial charge in [-0.15, -0.1) is 0 Å². The third kappa shape index (κ3) is 4.73. The van der Waals surface area contributed by atoms with E-state index in [1.165, 1.54) is 47.8 Å². The number of hydrogen-bond acceptors (Lipinski definition) is 5. The quantitative estimate of drug-likeness (QED) is 0.507. The minimum Gasteiger partial charge on any atom is -0.322 e. The van der Waals surface area contributed by atoms with Crippen LogP contribution in [0.2, 0.25) is 0 Å². The molecule has 0 fully saturated rings. The average Bonchev–Trinajstić information content (AvgIpc) is 3.06. The molecule has 180 valence electrons. The number of nitrogens with zero attached hydrogens (tertiary/aromatic N) is 2. The lowest BCUT2D eigenvalue weighted by atomic mass is 10.1. The van der Waals surface area contributed by atoms with E-state index < -0.39 is 21.8 Å². The van der Waals surface area contributed by atoms with E-state index in [-0.39, 0.29) is 40.1 Å². The third-order valence-electron chi connectivity index (χ3n) is 5.83. The predicted octanol–water partition coefficient (Wildman–Crippen LogP) is 3.76. The molecule has 0 saturated heterocycles. The number of imide groups is 1. The van der Waals surface area contributed by atoms with Gasteiger partial charge in [0, 0.05) is 30.9 Å². The van der Waals surface area contributed by atoms with Gasteiger partial charge in [0.05, 0.1) is 16.0 Å². The Hall–Kier alpha value is -3.82. The molecule has 1 aliphatic heterocycles. The molecule has 4 rings (SSSR count). The van der Waals surface area contributed by atoms with Gasteiger partial charge in [-0.1, -0.05) is 30.3 Å². The molecule has 0 spiro atoms. The van der Waals surface area contributed by atoms with Crippen molar-refractivity contribution in [3.63, 3.8) is 0 Å². The molecule has 0 bridgehead atoms. The van der Waals surface area contributed by atoms with Gasteiger partial charge < -0.3 is 5.32 Å². The zero-order valence-corrected chi connectivity index (χ0v) is 20.4. The molecular formula is C26H25N3O5S. The van der Waals surface area contributed by atoms with Crippen molar-refractivity contribution in [1.29, 1.82) is 0 Å². The monoisotopic (exact) mass is 491 g/mol. The van der Waals surface area contributed by atoms with Crippen LogP contribution < -0.4 is 5.32 Å². The van der Waals surface area contributed by atoms with E-state index in [2.05, 4.69) is 5.32 Å². The van der Waals surface area contributed by atoms with Gasteiger partial charge >= 0.3 is 0 Å². The first-order valence-corrected chi connectivity index (χ1v) is 12.5. The van der Waals surface area contributed by atoms with Gasteiger partial charge in [0.1, 0.15) is 0 Å². The van der Waals surface area contributed by atoms with Crippen molar-refractivity contribution < 1.29 is 22.8 Å². The molecular weight excluding hydrogens is 466 g/mol. The lowest BCUT2D eigenvalue weighted by molar-refractivity contribution is 0.0692. The molecule has 0 saturated carbocycles. The first-order chi connectivity index (χ1) is 16.6. The van der Waals surface area contributed by atoms with Crippen LogP contribution in [0.25, 0.3) is 0 Å². The van der Waals surface area contributed by atoms with Crippen LogP contribution >= 0.6 is 0 Å². The number of nitrogens with one attached hydrogen (secondary N) is 1. The van der Waals surface area contributed by atoms with Gasteiger partial charge in [0.2, 0.25) is 10.0 Å². The molecule has 3 aromatic rings. The Bertz CT molecular complexity index is 1400. The van der Waals surface area contributed by atoms with Crippen molar-refractivity contribution in [1.82, 2.24) is 9.21 Å². The van der Waals surface area contributed by atoms with E-state index in [0.29, 0.717) is 5.69 Å². The number of benzene rings is 3. The number of rotatable bonds is 7. The first kappa shape index (κ1) is 24.3. The highest BCUT2D eigenvalue weighted by atomic mass is 32.2. The van der Waals surface area contributed by atoms with E-state index >= 15 is 0 Å². The number of hydrogen-bond donors (Lipinski definition) is 1. The highest BCUT2D eigenvalue weighted by molar-refractivity contribution is 7.89. The maximum absolute atomic E-state index is 13.3. The number of anilines is 1. The third-order valence-corrected chi connectivity index (χ3v) is 7.86. The van der Waals surface area contributed by atoms with E-state index in [9.17, 15) is 22.8 Å². The van der Waals surface area contributed by atoms with Crippen molar-refractivity contribution in [3.05, 3.63) is 95.1 Å². The van der Waals surface area contributed by atoms with E-state index in [4.69, 9.17) is 0 Å². The summed E-state index contributed by atoms with van der Waals surface area (Å²) in [5, 5.41) is 2.69. The molecule has 1 aliphatic rings. The second kappa shape index (κ2) is 9.44. The highest BCUT2D eigenvalue weighted by Gasteiger charge is 2.33. The normalized spacial score (nSPS) is 13.5. The Balaban J connectivity index is 1.52. The number of sulfonamides is 1. The van der Waals surface area contributed by atoms with Gasteiger partial charge in [-0.25, -0.2) is 8.42 Å². The Morgan fingerprint density at radius 2 is 1.54 bits per heavy atom. The van der Waals surface area contributed by atoms with Crippen LogP contribution in [0, 0.1) is 0 Å². The van der Waals surface area contributed by atoms with E-state index in [1.807, 2.05) is 44.2 Å². The van der Waals surface area contributed by atoms with Crippen LogP contribution in [0.1, 0.15) is 50.5 Å². The minimum atomic E-state index is -3.80. The fourth-order valence-corrected chi connectivity index (χ4v) is 5.49. The molecule has 8 nitrogen and oxygen atoms in total. The Morgan fingerprint density at radius 3 is 2.17 bits per heavy atom. The Morgan fingerprint density at radius 1 is 0.914 bits per heavy atom. The lowest BCUT2D eigenvalue weighted by Gasteiger charge is -2.26. The van der Waals surface area contributed by atoms with Crippen LogP contribution in [0.5, 0.6) is 0 Å². The van der Waals surface area contributed by atoms with Crippen LogP contribution in [-0.2, 0) is 16.6 Å². The van der Waals surface area contributed by atoms with E-state index in [1.54, 1.807) is 6.07 Å². The summed E-state index contributed by atoms with van der Waals surface area (Å²) >= 11 is 0. The molecule has 0 radical (unpaired) electrons. The van der Waals surface area contributed by atoms with Crippen molar-refractivity contribution in [2.45, 2.75) is 31.3 Å². The summed E-state index contributed by atoms with van der Waals surface area (Å²) in [5.74, 6) is -1.28. The van der Waals surface area contributed by atoms with Crippen LogP contribution in [-0.4, -0.2) is 48.4 Å². The molecule has 0 aromatic heterocycles. The minimum absolute atomic E-state index is 0.0864. The first-order valence-electron chi connectivity index (χ1n) is 11.0. The standard InChI is InChI=1S/C26H25N3O5S/c1-17(2)29(16-18-7-5-4-6-8-18)35(33,34)21-12-9-19(10-13-21)24(30)27-20-11-14-22-23(15-20)26(32)28(3)25(22)31/h4-15,17H,16H2,1-3H3,(H,27,30). The largest absolute Gasteiger partial charge is 0.322 e. The molecule has 0 aliphatic carbocycles. The van der Waals surface area contributed by atoms with Crippen molar-refractivity contribution in [3.8, 4) is 0 Å². The second-order valence-corrected chi connectivity index (χ2v) is 10.4. The maximum Gasteiger partial charge on any atom is 0.261 e. The molecule has 3 amide bonds. The van der Waals surface area contributed by atoms with Crippen LogP contribution in [0.15, 0.2) is 77.7 Å². The van der Waals surface area contributed by atoms with E-state index in [0.717, 1.165) is 10.5 Å². The van der Waals surface area contributed by atoms with Crippen molar-refractivity contribution in [2.24, 2.45) is 0 Å². The SMILES string of the molecule is CC(C)N(Cc1ccccc1)S(=O)(=O)c1ccc(C(=O)Nc2ccc3c(c2)C(=O)N(C)C3=O)cc1. The average molecular weight is 492 g/mol. The number of carbonyl (C=O) groups excluding carboxylic acids is 3. The fraction of sp³-hybridized carbons (Fsp3) is 0.192. The molecule has 0 unspecified atom stereocenters. The summed E-state index contributed by atoms with van der Waals surface area (Å²) in [6, 6.07) is 19.3. The van der Waals surface area contributed by atoms with Gasteiger partial charge in [-0.05, 0) is 61.9 Å². The fourth-order valence-electron chi connectivity index (χ4n) is 3.86. The maximum atomic E-state index is 13.3. The smallest absolute Gasteiger partial charge is 0.261 e. The van der Waals surface area contributed by atoms with Gasteiger partial charge in [0.25, 0.3) is 17.7 Å². The number of fused-ring (bicyclic) bond motifs is 1.